The van der Waals surface area contributed by atoms with Crippen molar-refractivity contribution in [3.05, 3.63) is 29.8 Å². The van der Waals surface area contributed by atoms with Crippen LogP contribution in [-0.2, 0) is 0 Å². The molecule has 0 aliphatic rings. The zero-order valence-corrected chi connectivity index (χ0v) is 8.01. The van der Waals surface area contributed by atoms with Gasteiger partial charge in [0.25, 0.3) is 0 Å². The van der Waals surface area contributed by atoms with E-state index in [1.807, 2.05) is 18.2 Å². The summed E-state index contributed by atoms with van der Waals surface area (Å²) in [4.78, 5) is 1.64. The summed E-state index contributed by atoms with van der Waals surface area (Å²) in [5, 5.41) is 25.7. The minimum absolute atomic E-state index is 0.166. The lowest BCUT2D eigenvalue weighted by Gasteiger charge is -2.17. The Morgan fingerprint density at radius 2 is 1.47 bits per heavy atom. The first kappa shape index (κ1) is 10.6. The normalized spacial score (nSPS) is 8.33. The van der Waals surface area contributed by atoms with Crippen molar-refractivity contribution in [2.24, 2.45) is 0 Å². The molecule has 15 heavy (non-hydrogen) atoms. The number of rotatable bonds is 3. The summed E-state index contributed by atoms with van der Waals surface area (Å²) in [7, 11) is 0. The van der Waals surface area contributed by atoms with Crippen LogP contribution in [0.4, 0.5) is 5.69 Å². The third-order valence-corrected chi connectivity index (χ3v) is 1.88. The smallest absolute Gasteiger partial charge is 0.106 e. The Kier molecular flexibility index (Phi) is 3.71. The molecule has 0 saturated heterocycles. The van der Waals surface area contributed by atoms with E-state index in [9.17, 15) is 0 Å². The molecule has 1 aromatic carbocycles. The maximum atomic E-state index is 8.61. The number of hydrogen-bond acceptors (Lipinski definition) is 4. The first-order valence-electron chi connectivity index (χ1n) is 4.31. The van der Waals surface area contributed by atoms with Crippen LogP contribution in [0.1, 0.15) is 5.56 Å². The van der Waals surface area contributed by atoms with E-state index in [1.165, 1.54) is 0 Å². The van der Waals surface area contributed by atoms with Crippen LogP contribution in [0, 0.1) is 34.0 Å². The molecule has 0 spiro atoms. The third kappa shape index (κ3) is 2.72. The molecule has 0 aliphatic heterocycles. The van der Waals surface area contributed by atoms with Crippen molar-refractivity contribution in [2.45, 2.75) is 0 Å². The van der Waals surface area contributed by atoms with E-state index in [-0.39, 0.29) is 13.1 Å². The SMILES string of the molecule is N#CCN(CC#N)c1ccc(C#N)cc1. The Bertz CT molecular complexity index is 425. The summed E-state index contributed by atoms with van der Waals surface area (Å²) in [6.45, 7) is 0.332. The van der Waals surface area contributed by atoms with E-state index in [0.717, 1.165) is 5.69 Å². The van der Waals surface area contributed by atoms with Gasteiger partial charge in [0.15, 0.2) is 0 Å². The maximum absolute atomic E-state index is 8.61. The molecule has 0 bridgehead atoms. The fourth-order valence-corrected chi connectivity index (χ4v) is 1.16. The predicted molar refractivity (Wildman–Crippen MR) is 54.6 cm³/mol. The Morgan fingerprint density at radius 3 is 1.87 bits per heavy atom. The Balaban J connectivity index is 2.89. The van der Waals surface area contributed by atoms with Gasteiger partial charge in [-0.05, 0) is 24.3 Å². The second-order valence-corrected chi connectivity index (χ2v) is 2.83. The average molecular weight is 196 g/mol. The van der Waals surface area contributed by atoms with Gasteiger partial charge in [-0.15, -0.1) is 0 Å². The highest BCUT2D eigenvalue weighted by Gasteiger charge is 2.04. The molecule has 0 saturated carbocycles. The molecule has 1 aromatic rings. The summed E-state index contributed by atoms with van der Waals surface area (Å²) in [6, 6.07) is 12.8. The van der Waals surface area contributed by atoms with E-state index >= 15 is 0 Å². The minimum atomic E-state index is 0.166. The lowest BCUT2D eigenvalue weighted by molar-refractivity contribution is 0.966. The van der Waals surface area contributed by atoms with E-state index < -0.39 is 0 Å². The molecule has 0 fully saturated rings. The summed E-state index contributed by atoms with van der Waals surface area (Å²) in [6.07, 6.45) is 0. The van der Waals surface area contributed by atoms with Crippen LogP contribution >= 0.6 is 0 Å². The molecule has 0 heterocycles. The highest BCUT2D eigenvalue weighted by atomic mass is 15.1. The molecule has 72 valence electrons. The van der Waals surface area contributed by atoms with E-state index in [1.54, 1.807) is 29.2 Å². The fourth-order valence-electron chi connectivity index (χ4n) is 1.16. The van der Waals surface area contributed by atoms with Crippen LogP contribution in [0.2, 0.25) is 0 Å². The summed E-state index contributed by atoms with van der Waals surface area (Å²) in [5.41, 5.74) is 1.34. The lowest BCUT2D eigenvalue weighted by atomic mass is 10.2. The summed E-state index contributed by atoms with van der Waals surface area (Å²) in [5.74, 6) is 0. The van der Waals surface area contributed by atoms with E-state index in [2.05, 4.69) is 0 Å². The van der Waals surface area contributed by atoms with Crippen molar-refractivity contribution in [3.63, 3.8) is 0 Å². The number of nitriles is 3. The van der Waals surface area contributed by atoms with Crippen LogP contribution < -0.4 is 4.90 Å². The van der Waals surface area contributed by atoms with Gasteiger partial charge in [-0.1, -0.05) is 0 Å². The van der Waals surface area contributed by atoms with Gasteiger partial charge in [0, 0.05) is 5.69 Å². The van der Waals surface area contributed by atoms with Crippen LogP contribution in [-0.4, -0.2) is 13.1 Å². The first-order valence-corrected chi connectivity index (χ1v) is 4.31. The zero-order chi connectivity index (χ0) is 11.1. The van der Waals surface area contributed by atoms with Gasteiger partial charge in [0.1, 0.15) is 13.1 Å². The molecule has 0 aliphatic carbocycles. The van der Waals surface area contributed by atoms with Crippen LogP contribution in [0.25, 0.3) is 0 Å². The van der Waals surface area contributed by atoms with Crippen LogP contribution in [0.5, 0.6) is 0 Å². The molecule has 4 heteroatoms. The number of nitrogens with zero attached hydrogens (tertiary/aromatic N) is 4. The average Bonchev–Trinajstić information content (AvgIpc) is 2.29. The first-order chi connectivity index (χ1) is 7.31. The molecule has 0 N–H and O–H groups in total. The number of anilines is 1. The molecular weight excluding hydrogens is 188 g/mol. The van der Waals surface area contributed by atoms with Gasteiger partial charge in [0.05, 0.1) is 23.8 Å². The highest BCUT2D eigenvalue weighted by molar-refractivity contribution is 5.51. The van der Waals surface area contributed by atoms with E-state index in [4.69, 9.17) is 15.8 Å². The van der Waals surface area contributed by atoms with Crippen molar-refractivity contribution in [3.8, 4) is 18.2 Å². The maximum Gasteiger partial charge on any atom is 0.106 e. The highest BCUT2D eigenvalue weighted by Crippen LogP contribution is 2.14. The number of benzene rings is 1. The predicted octanol–water partition coefficient (Wildman–Crippen LogP) is 1.41. The Labute approximate surface area is 88.2 Å². The van der Waals surface area contributed by atoms with Crippen molar-refractivity contribution >= 4 is 5.69 Å². The zero-order valence-electron chi connectivity index (χ0n) is 8.01. The largest absolute Gasteiger partial charge is 0.345 e. The molecular formula is C11H8N4. The standard InChI is InChI=1S/C11H8N4/c12-5-7-15(8-6-13)11-3-1-10(9-14)2-4-11/h1-4H,7-8H2. The molecule has 0 aromatic heterocycles. The topological polar surface area (TPSA) is 74.6 Å². The summed E-state index contributed by atoms with van der Waals surface area (Å²) < 4.78 is 0. The Morgan fingerprint density at radius 1 is 0.933 bits per heavy atom. The van der Waals surface area contributed by atoms with Gasteiger partial charge >= 0.3 is 0 Å². The monoisotopic (exact) mass is 196 g/mol. The quantitative estimate of drug-likeness (QED) is 0.685. The molecule has 1 rings (SSSR count). The van der Waals surface area contributed by atoms with Crippen LogP contribution in [0.15, 0.2) is 24.3 Å². The number of hydrogen-bond donors (Lipinski definition) is 0. The van der Waals surface area contributed by atoms with Gasteiger partial charge in [-0.25, -0.2) is 0 Å². The van der Waals surface area contributed by atoms with Crippen molar-refractivity contribution in [1.82, 2.24) is 0 Å². The fraction of sp³-hybridized carbons (Fsp3) is 0.182. The second kappa shape index (κ2) is 5.27. The van der Waals surface area contributed by atoms with Crippen LogP contribution in [0.3, 0.4) is 0 Å². The van der Waals surface area contributed by atoms with E-state index in [0.29, 0.717) is 5.56 Å². The van der Waals surface area contributed by atoms with Gasteiger partial charge in [-0.3, -0.25) is 0 Å². The minimum Gasteiger partial charge on any atom is -0.345 e. The molecule has 0 radical (unpaired) electrons. The van der Waals surface area contributed by atoms with Crippen molar-refractivity contribution in [1.29, 1.82) is 15.8 Å². The second-order valence-electron chi connectivity index (χ2n) is 2.83. The van der Waals surface area contributed by atoms with Crippen molar-refractivity contribution < 1.29 is 0 Å². The summed E-state index contributed by atoms with van der Waals surface area (Å²) >= 11 is 0. The molecule has 0 amide bonds. The molecule has 0 unspecified atom stereocenters. The van der Waals surface area contributed by atoms with Gasteiger partial charge in [0.2, 0.25) is 0 Å². The molecule has 0 atom stereocenters. The van der Waals surface area contributed by atoms with Gasteiger partial charge in [-0.2, -0.15) is 15.8 Å². The lowest BCUT2D eigenvalue weighted by Crippen LogP contribution is -2.23. The Hall–Kier alpha value is -2.51. The third-order valence-electron chi connectivity index (χ3n) is 1.88. The van der Waals surface area contributed by atoms with Gasteiger partial charge < -0.3 is 4.90 Å². The van der Waals surface area contributed by atoms with Crippen molar-refractivity contribution in [2.75, 3.05) is 18.0 Å². The molecule has 4 nitrogen and oxygen atoms in total.